The number of amides is 1. The van der Waals surface area contributed by atoms with Gasteiger partial charge in [-0.15, -0.1) is 11.3 Å². The number of anilines is 1. The molecule has 23 heavy (non-hydrogen) atoms. The Bertz CT molecular complexity index is 828. The zero-order chi connectivity index (χ0) is 16.2. The van der Waals surface area contributed by atoms with E-state index in [2.05, 4.69) is 20.3 Å². The molecule has 0 unspecified atom stereocenters. The number of thiazole rings is 1. The number of carbonyl (C=O) groups is 1. The van der Waals surface area contributed by atoms with Crippen LogP contribution in [0.5, 0.6) is 11.5 Å². The number of hydrogen-bond donors (Lipinski definition) is 1. The molecule has 0 spiro atoms. The highest BCUT2D eigenvalue weighted by Crippen LogP contribution is 2.29. The molecule has 6 nitrogen and oxygen atoms in total. The second-order valence-electron chi connectivity index (χ2n) is 4.27. The lowest BCUT2D eigenvalue weighted by Gasteiger charge is -2.10. The van der Waals surface area contributed by atoms with Crippen molar-refractivity contribution in [2.24, 2.45) is 0 Å². The smallest absolute Gasteiger partial charge is 0.275 e. The lowest BCUT2D eigenvalue weighted by molar-refractivity contribution is 0.102. The van der Waals surface area contributed by atoms with Gasteiger partial charge in [-0.2, -0.15) is 4.39 Å². The molecule has 116 valence electrons. The van der Waals surface area contributed by atoms with Crippen LogP contribution in [-0.2, 0) is 0 Å². The number of halogens is 2. The summed E-state index contributed by atoms with van der Waals surface area (Å²) >= 11 is 1.24. The molecule has 2 heterocycles. The third-order valence-corrected chi connectivity index (χ3v) is 3.27. The van der Waals surface area contributed by atoms with Crippen molar-refractivity contribution in [1.29, 1.82) is 0 Å². The molecule has 0 saturated heterocycles. The van der Waals surface area contributed by atoms with E-state index in [1.165, 1.54) is 40.9 Å². The Morgan fingerprint density at radius 1 is 1.22 bits per heavy atom. The first-order chi connectivity index (χ1) is 11.1. The second-order valence-corrected chi connectivity index (χ2v) is 4.99. The molecule has 0 radical (unpaired) electrons. The Morgan fingerprint density at radius 3 is 2.70 bits per heavy atom. The lowest BCUT2D eigenvalue weighted by atomic mass is 10.2. The van der Waals surface area contributed by atoms with Crippen LogP contribution < -0.4 is 10.1 Å². The third kappa shape index (κ3) is 3.46. The topological polar surface area (TPSA) is 77.0 Å². The van der Waals surface area contributed by atoms with Gasteiger partial charge in [0.15, 0.2) is 17.3 Å². The summed E-state index contributed by atoms with van der Waals surface area (Å²) < 4.78 is 32.7. The molecule has 0 aliphatic carbocycles. The van der Waals surface area contributed by atoms with E-state index in [-0.39, 0.29) is 17.1 Å². The maximum atomic E-state index is 13.8. The zero-order valence-corrected chi connectivity index (χ0v) is 12.2. The van der Waals surface area contributed by atoms with Gasteiger partial charge in [-0.3, -0.25) is 4.79 Å². The monoisotopic (exact) mass is 334 g/mol. The molecule has 1 amide bonds. The minimum atomic E-state index is -1.18. The molecule has 1 aromatic carbocycles. The van der Waals surface area contributed by atoms with Crippen molar-refractivity contribution in [3.8, 4) is 11.5 Å². The highest BCUT2D eigenvalue weighted by atomic mass is 32.1. The van der Waals surface area contributed by atoms with Crippen LogP contribution >= 0.6 is 11.3 Å². The number of aromatic nitrogens is 3. The molecule has 3 aromatic rings. The number of carbonyl (C=O) groups excluding carboxylic acids is 1. The van der Waals surface area contributed by atoms with Gasteiger partial charge in [0.05, 0.1) is 17.9 Å². The summed E-state index contributed by atoms with van der Waals surface area (Å²) in [4.78, 5) is 23.1. The van der Waals surface area contributed by atoms with Crippen LogP contribution in [0, 0.1) is 11.6 Å². The average Bonchev–Trinajstić information content (AvgIpc) is 3.08. The lowest BCUT2D eigenvalue weighted by Crippen LogP contribution is -2.12. The highest BCUT2D eigenvalue weighted by molar-refractivity contribution is 7.07. The van der Waals surface area contributed by atoms with E-state index in [0.29, 0.717) is 0 Å². The van der Waals surface area contributed by atoms with Crippen molar-refractivity contribution in [3.63, 3.8) is 0 Å². The van der Waals surface area contributed by atoms with E-state index in [0.717, 1.165) is 12.1 Å². The average molecular weight is 334 g/mol. The Balaban J connectivity index is 1.86. The first kappa shape index (κ1) is 15.0. The van der Waals surface area contributed by atoms with E-state index in [4.69, 9.17) is 4.74 Å². The van der Waals surface area contributed by atoms with Crippen LogP contribution in [0.4, 0.5) is 14.5 Å². The molecule has 9 heteroatoms. The maximum absolute atomic E-state index is 13.8. The number of benzene rings is 1. The molecule has 3 rings (SSSR count). The van der Waals surface area contributed by atoms with Crippen molar-refractivity contribution in [3.05, 3.63) is 59.1 Å². The van der Waals surface area contributed by atoms with Gasteiger partial charge in [0.25, 0.3) is 5.91 Å². The van der Waals surface area contributed by atoms with E-state index < -0.39 is 23.3 Å². The largest absolute Gasteiger partial charge is 0.451 e. The number of rotatable bonds is 4. The van der Waals surface area contributed by atoms with Crippen molar-refractivity contribution in [1.82, 2.24) is 15.0 Å². The standard InChI is InChI=1S/C14H8F2N4O2S/c15-10-1-8(20-14(21)11-5-23-7-19-11)2-12(13(10)16)22-9-3-17-6-18-4-9/h1-7H,(H,20,21). The first-order valence-electron chi connectivity index (χ1n) is 6.25. The van der Waals surface area contributed by atoms with Crippen molar-refractivity contribution in [2.45, 2.75) is 0 Å². The number of ether oxygens (including phenoxy) is 1. The summed E-state index contributed by atoms with van der Waals surface area (Å²) in [6, 6.07) is 2.02. The van der Waals surface area contributed by atoms with Gasteiger partial charge in [0, 0.05) is 23.2 Å². The summed E-state index contributed by atoms with van der Waals surface area (Å²) in [5.41, 5.74) is 1.71. The fourth-order valence-corrected chi connectivity index (χ4v) is 2.23. The van der Waals surface area contributed by atoms with E-state index in [9.17, 15) is 13.6 Å². The van der Waals surface area contributed by atoms with Gasteiger partial charge in [0.2, 0.25) is 5.82 Å². The summed E-state index contributed by atoms with van der Waals surface area (Å²) in [6.45, 7) is 0. The summed E-state index contributed by atoms with van der Waals surface area (Å²) in [6.07, 6.45) is 3.87. The molecular weight excluding hydrogens is 326 g/mol. The van der Waals surface area contributed by atoms with Crippen LogP contribution in [-0.4, -0.2) is 20.9 Å². The van der Waals surface area contributed by atoms with E-state index in [1.807, 2.05) is 0 Å². The summed E-state index contributed by atoms with van der Waals surface area (Å²) in [5.74, 6) is -3.14. The van der Waals surface area contributed by atoms with Crippen LogP contribution in [0.15, 0.2) is 41.7 Å². The normalized spacial score (nSPS) is 10.3. The van der Waals surface area contributed by atoms with Gasteiger partial charge in [-0.25, -0.2) is 19.3 Å². The maximum Gasteiger partial charge on any atom is 0.275 e. The number of hydrogen-bond acceptors (Lipinski definition) is 6. The van der Waals surface area contributed by atoms with Gasteiger partial charge >= 0.3 is 0 Å². The molecule has 0 atom stereocenters. The van der Waals surface area contributed by atoms with Gasteiger partial charge in [0.1, 0.15) is 12.0 Å². The fourth-order valence-electron chi connectivity index (χ4n) is 1.70. The van der Waals surface area contributed by atoms with Crippen molar-refractivity contribution < 1.29 is 18.3 Å². The van der Waals surface area contributed by atoms with Crippen LogP contribution in [0.2, 0.25) is 0 Å². The molecule has 0 bridgehead atoms. The Hall–Kier alpha value is -2.94. The van der Waals surface area contributed by atoms with Gasteiger partial charge in [-0.1, -0.05) is 0 Å². The zero-order valence-electron chi connectivity index (χ0n) is 11.4. The molecule has 1 N–H and O–H groups in total. The first-order valence-corrected chi connectivity index (χ1v) is 7.19. The van der Waals surface area contributed by atoms with Crippen LogP contribution in [0.3, 0.4) is 0 Å². The number of nitrogens with one attached hydrogen (secondary N) is 1. The van der Waals surface area contributed by atoms with E-state index >= 15 is 0 Å². The minimum Gasteiger partial charge on any atom is -0.451 e. The summed E-state index contributed by atoms with van der Waals surface area (Å²) in [5, 5.41) is 3.96. The Labute approximate surface area is 132 Å². The highest BCUT2D eigenvalue weighted by Gasteiger charge is 2.16. The van der Waals surface area contributed by atoms with Gasteiger partial charge < -0.3 is 10.1 Å². The van der Waals surface area contributed by atoms with Crippen molar-refractivity contribution >= 4 is 22.9 Å². The third-order valence-electron chi connectivity index (χ3n) is 2.68. The second kappa shape index (κ2) is 6.44. The molecule has 0 fully saturated rings. The molecule has 2 aromatic heterocycles. The molecule has 0 aliphatic rings. The van der Waals surface area contributed by atoms with E-state index in [1.54, 1.807) is 0 Å². The predicted molar refractivity (Wildman–Crippen MR) is 78.5 cm³/mol. The quantitative estimate of drug-likeness (QED) is 0.792. The predicted octanol–water partition coefficient (Wildman–Crippen LogP) is 3.26. The van der Waals surface area contributed by atoms with Crippen molar-refractivity contribution in [2.75, 3.05) is 5.32 Å². The summed E-state index contributed by atoms with van der Waals surface area (Å²) in [7, 11) is 0. The SMILES string of the molecule is O=C(Nc1cc(F)c(F)c(Oc2cncnc2)c1)c1cscn1. The number of nitrogens with zero attached hydrogens (tertiary/aromatic N) is 3. The fraction of sp³-hybridized carbons (Fsp3) is 0. The van der Waals surface area contributed by atoms with Crippen LogP contribution in [0.1, 0.15) is 10.5 Å². The van der Waals surface area contributed by atoms with Crippen LogP contribution in [0.25, 0.3) is 0 Å². The molecule has 0 saturated carbocycles. The minimum absolute atomic E-state index is 0.0359. The Kier molecular flexibility index (Phi) is 4.20. The molecule has 0 aliphatic heterocycles. The van der Waals surface area contributed by atoms with Gasteiger partial charge in [-0.05, 0) is 0 Å². The molecular formula is C14H8F2N4O2S. The Morgan fingerprint density at radius 2 is 2.00 bits per heavy atom.